The molecule has 1 unspecified atom stereocenters. The minimum atomic E-state index is -3.24. The summed E-state index contributed by atoms with van der Waals surface area (Å²) in [5.41, 5.74) is 3.23. The molecule has 1 saturated carbocycles. The van der Waals surface area contributed by atoms with Crippen molar-refractivity contribution in [3.63, 3.8) is 0 Å². The van der Waals surface area contributed by atoms with Gasteiger partial charge in [-0.15, -0.1) is 11.3 Å². The van der Waals surface area contributed by atoms with E-state index in [2.05, 4.69) is 51.9 Å². The van der Waals surface area contributed by atoms with Crippen LogP contribution >= 0.6 is 11.3 Å². The Morgan fingerprint density at radius 2 is 1.85 bits per heavy atom. The van der Waals surface area contributed by atoms with Gasteiger partial charge in [-0.3, -0.25) is 4.79 Å². The summed E-state index contributed by atoms with van der Waals surface area (Å²) in [6.07, 6.45) is 4.47. The van der Waals surface area contributed by atoms with Crippen LogP contribution in [-0.2, 0) is 10.0 Å². The number of fused-ring (bicyclic) bond motifs is 1. The molecule has 1 fully saturated rings. The van der Waals surface area contributed by atoms with E-state index in [9.17, 15) is 13.2 Å². The molecule has 1 heterocycles. The largest absolute Gasteiger partial charge is 0.351 e. The van der Waals surface area contributed by atoms with Crippen LogP contribution in [0.15, 0.2) is 53.9 Å². The number of hydrogen-bond acceptors (Lipinski definition) is 5. The van der Waals surface area contributed by atoms with Crippen molar-refractivity contribution in [3.8, 4) is 0 Å². The van der Waals surface area contributed by atoms with Gasteiger partial charge in [-0.05, 0) is 72.2 Å². The van der Waals surface area contributed by atoms with E-state index in [0.717, 1.165) is 25.5 Å². The van der Waals surface area contributed by atoms with Crippen molar-refractivity contribution in [2.75, 3.05) is 19.3 Å². The van der Waals surface area contributed by atoms with Gasteiger partial charge in [-0.2, -0.15) is 0 Å². The highest BCUT2D eigenvalue weighted by Gasteiger charge is 2.27. The van der Waals surface area contributed by atoms with E-state index < -0.39 is 10.0 Å². The van der Waals surface area contributed by atoms with Gasteiger partial charge < -0.3 is 10.6 Å². The minimum absolute atomic E-state index is 0.179. The lowest BCUT2D eigenvalue weighted by Crippen LogP contribution is -2.34. The zero-order valence-electron chi connectivity index (χ0n) is 19.0. The number of nitrogens with one attached hydrogen (secondary N) is 3. The molecule has 3 atom stereocenters. The molecule has 33 heavy (non-hydrogen) atoms. The molecule has 1 aliphatic rings. The van der Waals surface area contributed by atoms with Gasteiger partial charge in [0.25, 0.3) is 5.91 Å². The second-order valence-corrected chi connectivity index (χ2v) is 11.6. The van der Waals surface area contributed by atoms with E-state index in [1.165, 1.54) is 21.2 Å². The van der Waals surface area contributed by atoms with Crippen molar-refractivity contribution >= 4 is 37.4 Å². The highest BCUT2D eigenvalue weighted by Crippen LogP contribution is 2.37. The second kappa shape index (κ2) is 10.3. The molecule has 176 valence electrons. The highest BCUT2D eigenvalue weighted by molar-refractivity contribution is 7.88. The third kappa shape index (κ3) is 6.20. The van der Waals surface area contributed by atoms with E-state index in [1.807, 2.05) is 24.3 Å². The SMILES string of the molecule is C[C@@H](NC1CC[C@H](c2ccc(C(=O)NCCNS(C)(=O)=O)cc2)C1)c1csc2ccccc12. The summed E-state index contributed by atoms with van der Waals surface area (Å²) >= 11 is 1.81. The fourth-order valence-electron chi connectivity index (χ4n) is 4.63. The number of carbonyl (C=O) groups is 1. The van der Waals surface area contributed by atoms with Crippen molar-refractivity contribution < 1.29 is 13.2 Å². The Balaban J connectivity index is 1.28. The molecule has 1 aromatic heterocycles. The molecule has 2 aromatic carbocycles. The summed E-state index contributed by atoms with van der Waals surface area (Å²) in [5, 5.41) is 10.2. The van der Waals surface area contributed by atoms with Gasteiger partial charge in [0.1, 0.15) is 0 Å². The summed E-state index contributed by atoms with van der Waals surface area (Å²) in [7, 11) is -3.24. The standard InChI is InChI=1S/C25H31N3O3S2/c1-17(23-16-32-24-6-4-3-5-22(23)24)28-21-12-11-20(15-21)18-7-9-19(10-8-18)25(29)26-13-14-27-33(2,30)31/h3-10,16-17,20-21,27-28H,11-15H2,1-2H3,(H,26,29)/t17-,20+,21?/m1/s1. The van der Waals surface area contributed by atoms with Crippen molar-refractivity contribution in [3.05, 3.63) is 70.6 Å². The van der Waals surface area contributed by atoms with E-state index in [0.29, 0.717) is 23.6 Å². The number of carbonyl (C=O) groups excluding carboxylic acids is 1. The number of thiophene rings is 1. The fraction of sp³-hybridized carbons (Fsp3) is 0.400. The summed E-state index contributed by atoms with van der Waals surface area (Å²) in [6, 6.07) is 17.2. The maximum atomic E-state index is 12.3. The van der Waals surface area contributed by atoms with Crippen LogP contribution in [0.25, 0.3) is 10.1 Å². The van der Waals surface area contributed by atoms with Gasteiger partial charge >= 0.3 is 0 Å². The lowest BCUT2D eigenvalue weighted by molar-refractivity contribution is 0.0954. The lowest BCUT2D eigenvalue weighted by atomic mass is 9.96. The van der Waals surface area contributed by atoms with Crippen molar-refractivity contribution in [2.24, 2.45) is 0 Å². The first-order chi connectivity index (χ1) is 15.8. The predicted octanol–water partition coefficient (Wildman–Crippen LogP) is 4.17. The molecule has 0 saturated heterocycles. The molecule has 3 aromatic rings. The van der Waals surface area contributed by atoms with E-state index >= 15 is 0 Å². The topological polar surface area (TPSA) is 87.3 Å². The molecular weight excluding hydrogens is 454 g/mol. The predicted molar refractivity (Wildman–Crippen MR) is 135 cm³/mol. The molecule has 6 nitrogen and oxygen atoms in total. The van der Waals surface area contributed by atoms with Gasteiger partial charge in [0.05, 0.1) is 6.26 Å². The van der Waals surface area contributed by atoms with Crippen LogP contribution in [0, 0.1) is 0 Å². The molecule has 8 heteroatoms. The van der Waals surface area contributed by atoms with Gasteiger partial charge in [-0.1, -0.05) is 30.3 Å². The quantitative estimate of drug-likeness (QED) is 0.397. The van der Waals surface area contributed by atoms with Gasteiger partial charge in [-0.25, -0.2) is 13.1 Å². The normalized spacial score (nSPS) is 19.6. The Morgan fingerprint density at radius 3 is 2.61 bits per heavy atom. The molecular formula is C25H31N3O3S2. The zero-order chi connectivity index (χ0) is 23.4. The average Bonchev–Trinajstić information content (AvgIpc) is 3.43. The first-order valence-electron chi connectivity index (χ1n) is 11.3. The van der Waals surface area contributed by atoms with E-state index in [1.54, 1.807) is 11.3 Å². The number of amides is 1. The average molecular weight is 486 g/mol. The summed E-state index contributed by atoms with van der Waals surface area (Å²) in [4.78, 5) is 12.3. The molecule has 4 rings (SSSR count). The van der Waals surface area contributed by atoms with Gasteiger partial charge in [0.2, 0.25) is 10.0 Å². The maximum absolute atomic E-state index is 12.3. The number of benzene rings is 2. The van der Waals surface area contributed by atoms with E-state index in [-0.39, 0.29) is 19.0 Å². The highest BCUT2D eigenvalue weighted by atomic mass is 32.2. The van der Waals surface area contributed by atoms with Crippen LogP contribution in [0.1, 0.15) is 59.6 Å². The Hall–Kier alpha value is -2.26. The zero-order valence-corrected chi connectivity index (χ0v) is 20.6. The van der Waals surface area contributed by atoms with Crippen molar-refractivity contribution in [1.82, 2.24) is 15.4 Å². The Bertz CT molecular complexity index is 1210. The molecule has 1 amide bonds. The lowest BCUT2D eigenvalue weighted by Gasteiger charge is -2.20. The molecule has 0 radical (unpaired) electrons. The third-order valence-corrected chi connectivity index (χ3v) is 8.03. The third-order valence-electron chi connectivity index (χ3n) is 6.31. The van der Waals surface area contributed by atoms with Crippen molar-refractivity contribution in [1.29, 1.82) is 0 Å². The first kappa shape index (κ1) is 23.9. The Kier molecular flexibility index (Phi) is 7.48. The molecule has 0 spiro atoms. The Morgan fingerprint density at radius 1 is 1.09 bits per heavy atom. The smallest absolute Gasteiger partial charge is 0.251 e. The summed E-state index contributed by atoms with van der Waals surface area (Å²) < 4.78 is 25.8. The first-order valence-corrected chi connectivity index (χ1v) is 14.1. The van der Waals surface area contributed by atoms with Crippen molar-refractivity contribution in [2.45, 2.75) is 44.2 Å². The maximum Gasteiger partial charge on any atom is 0.251 e. The number of hydrogen-bond donors (Lipinski definition) is 3. The number of rotatable bonds is 9. The van der Waals surface area contributed by atoms with Crippen LogP contribution in [0.3, 0.4) is 0 Å². The number of sulfonamides is 1. The van der Waals surface area contributed by atoms with Crippen LogP contribution < -0.4 is 15.4 Å². The van der Waals surface area contributed by atoms with Crippen LogP contribution in [0.2, 0.25) is 0 Å². The van der Waals surface area contributed by atoms with E-state index in [4.69, 9.17) is 0 Å². The Labute approximate surface area is 199 Å². The second-order valence-electron chi connectivity index (χ2n) is 8.83. The summed E-state index contributed by atoms with van der Waals surface area (Å²) in [6.45, 7) is 2.68. The fourth-order valence-corrected chi connectivity index (χ4v) is 6.16. The van der Waals surface area contributed by atoms with Crippen LogP contribution in [0.4, 0.5) is 0 Å². The summed E-state index contributed by atoms with van der Waals surface area (Å²) in [5.74, 6) is 0.296. The minimum Gasteiger partial charge on any atom is -0.351 e. The molecule has 1 aliphatic carbocycles. The molecule has 3 N–H and O–H groups in total. The molecule has 0 aliphatic heterocycles. The van der Waals surface area contributed by atoms with Crippen LogP contribution in [-0.4, -0.2) is 39.7 Å². The van der Waals surface area contributed by atoms with Crippen LogP contribution in [0.5, 0.6) is 0 Å². The van der Waals surface area contributed by atoms with Gasteiger partial charge in [0.15, 0.2) is 0 Å². The monoisotopic (exact) mass is 485 g/mol. The molecule has 0 bridgehead atoms. The van der Waals surface area contributed by atoms with Gasteiger partial charge in [0, 0.05) is 35.4 Å².